The van der Waals surface area contributed by atoms with Gasteiger partial charge in [0.1, 0.15) is 12.2 Å². The van der Waals surface area contributed by atoms with E-state index in [1.54, 1.807) is 0 Å². The van der Waals surface area contributed by atoms with E-state index in [1.165, 1.54) is 6.92 Å². The van der Waals surface area contributed by atoms with Crippen LogP contribution in [-0.2, 0) is 33.3 Å². The van der Waals surface area contributed by atoms with Crippen molar-refractivity contribution < 1.29 is 43.5 Å². The number of esters is 3. The fourth-order valence-electron chi connectivity index (χ4n) is 8.06. The molecule has 4 saturated heterocycles. The molecule has 29 heavy (non-hydrogen) atoms. The van der Waals surface area contributed by atoms with Crippen LogP contribution in [-0.4, -0.2) is 63.9 Å². The van der Waals surface area contributed by atoms with Gasteiger partial charge in [0.2, 0.25) is 11.9 Å². The van der Waals surface area contributed by atoms with Gasteiger partial charge in [-0.1, -0.05) is 20.8 Å². The minimum Gasteiger partial charge on any atom is -0.459 e. The summed E-state index contributed by atoms with van der Waals surface area (Å²) in [5.74, 6) is -3.52. The maximum atomic E-state index is 13.3. The van der Waals surface area contributed by atoms with E-state index in [2.05, 4.69) is 0 Å². The minimum absolute atomic E-state index is 0.0623. The molecule has 2 spiro atoms. The molecule has 0 aromatic rings. The Hall–Kier alpha value is -1.71. The first-order valence-electron chi connectivity index (χ1n) is 10.1. The first-order valence-corrected chi connectivity index (χ1v) is 10.1. The zero-order chi connectivity index (χ0) is 20.9. The first kappa shape index (κ1) is 18.1. The number of aliphatic hydroxyl groups is 2. The summed E-state index contributed by atoms with van der Waals surface area (Å²) in [5, 5.41) is 23.0. The molecule has 0 bridgehead atoms. The zero-order valence-electron chi connectivity index (χ0n) is 16.6. The Labute approximate surface area is 166 Å². The van der Waals surface area contributed by atoms with Crippen molar-refractivity contribution >= 4 is 17.9 Å². The monoisotopic (exact) mass is 408 g/mol. The SMILES string of the molecule is C[C@@H]1C(=O)O[C@H]2C[C@@]34[C@H]5C[C@@H](C(C)(C)C)[C@]36[C@H](OC(=O)[C@H]6O)O[C@]4(C(=O)O5)[C@]21O. The summed E-state index contributed by atoms with van der Waals surface area (Å²) in [6, 6.07) is 0. The van der Waals surface area contributed by atoms with Gasteiger partial charge in [-0.25, -0.2) is 9.59 Å². The van der Waals surface area contributed by atoms with Crippen LogP contribution in [0.4, 0.5) is 0 Å². The average Bonchev–Trinajstić information content (AvgIpc) is 3.31. The van der Waals surface area contributed by atoms with Crippen LogP contribution < -0.4 is 0 Å². The largest absolute Gasteiger partial charge is 0.459 e. The Morgan fingerprint density at radius 2 is 1.72 bits per heavy atom. The van der Waals surface area contributed by atoms with E-state index in [1.807, 2.05) is 20.8 Å². The van der Waals surface area contributed by atoms with Gasteiger partial charge < -0.3 is 29.2 Å². The van der Waals surface area contributed by atoms with Gasteiger partial charge in [0.15, 0.2) is 11.7 Å². The molecule has 158 valence electrons. The van der Waals surface area contributed by atoms with E-state index >= 15 is 0 Å². The molecule has 0 amide bonds. The van der Waals surface area contributed by atoms with Crippen LogP contribution >= 0.6 is 0 Å². The molecule has 6 rings (SSSR count). The number of hydrogen-bond donors (Lipinski definition) is 2. The number of aliphatic hydroxyl groups excluding tert-OH is 1. The Balaban J connectivity index is 1.68. The van der Waals surface area contributed by atoms with E-state index in [-0.39, 0.29) is 17.8 Å². The number of rotatable bonds is 0. The molecule has 0 aromatic heterocycles. The highest BCUT2D eigenvalue weighted by Gasteiger charge is 3.01. The molecule has 4 heterocycles. The summed E-state index contributed by atoms with van der Waals surface area (Å²) in [6.45, 7) is 7.47. The molecular weight excluding hydrogens is 384 g/mol. The third kappa shape index (κ3) is 1.35. The number of hydrogen-bond acceptors (Lipinski definition) is 9. The van der Waals surface area contributed by atoms with Gasteiger partial charge >= 0.3 is 17.9 Å². The predicted octanol–water partition coefficient (Wildman–Crippen LogP) is -0.340. The lowest BCUT2D eigenvalue weighted by atomic mass is 9.51. The van der Waals surface area contributed by atoms with Crippen molar-refractivity contribution in [3.05, 3.63) is 0 Å². The van der Waals surface area contributed by atoms with Crippen molar-refractivity contribution in [2.75, 3.05) is 0 Å². The third-order valence-corrected chi connectivity index (χ3v) is 8.97. The fourth-order valence-corrected chi connectivity index (χ4v) is 8.06. The highest BCUT2D eigenvalue weighted by atomic mass is 16.8. The Kier molecular flexibility index (Phi) is 2.79. The first-order chi connectivity index (χ1) is 13.4. The van der Waals surface area contributed by atoms with Gasteiger partial charge in [-0.3, -0.25) is 4.79 Å². The van der Waals surface area contributed by atoms with Crippen molar-refractivity contribution in [1.29, 1.82) is 0 Å². The van der Waals surface area contributed by atoms with Crippen molar-refractivity contribution in [3.8, 4) is 0 Å². The van der Waals surface area contributed by atoms with Gasteiger partial charge in [0.05, 0.1) is 16.7 Å². The second-order valence-electron chi connectivity index (χ2n) is 10.6. The Morgan fingerprint density at radius 1 is 1.03 bits per heavy atom. The van der Waals surface area contributed by atoms with Crippen LogP contribution in [0.1, 0.15) is 40.5 Å². The standard InChI is InChI=1S/C20H24O9/c1-7-12(22)26-10-6-17-9-5-8(16(2,3)4)18(17)11(21)13(23)28-15(18)29-20(17,14(24)27-9)19(7,10)25/h7-11,15,21,25H,5-6H2,1-4H3/t7-,8+,9-,10+,11-,15-,17-,18+,19-,20+/m1/s1. The molecule has 4 aliphatic heterocycles. The van der Waals surface area contributed by atoms with Crippen LogP contribution in [0.25, 0.3) is 0 Å². The molecule has 2 N–H and O–H groups in total. The van der Waals surface area contributed by atoms with Crippen LogP contribution in [0.5, 0.6) is 0 Å². The van der Waals surface area contributed by atoms with E-state index in [4.69, 9.17) is 18.9 Å². The summed E-state index contributed by atoms with van der Waals surface area (Å²) >= 11 is 0. The summed E-state index contributed by atoms with van der Waals surface area (Å²) in [5.41, 5.74) is -6.81. The highest BCUT2D eigenvalue weighted by Crippen LogP contribution is 2.84. The lowest BCUT2D eigenvalue weighted by Crippen LogP contribution is -2.66. The third-order valence-electron chi connectivity index (χ3n) is 8.97. The van der Waals surface area contributed by atoms with Gasteiger partial charge in [-0.15, -0.1) is 0 Å². The normalized spacial score (nSPS) is 59.2. The minimum atomic E-state index is -1.97. The Morgan fingerprint density at radius 3 is 2.38 bits per heavy atom. The molecule has 9 heteroatoms. The average molecular weight is 408 g/mol. The lowest BCUT2D eigenvalue weighted by Gasteiger charge is -2.46. The molecule has 0 aromatic carbocycles. The zero-order valence-corrected chi connectivity index (χ0v) is 16.6. The number of ether oxygens (including phenoxy) is 4. The fraction of sp³-hybridized carbons (Fsp3) is 0.850. The van der Waals surface area contributed by atoms with Crippen LogP contribution in [0, 0.1) is 28.1 Å². The molecule has 6 aliphatic rings. The molecule has 0 radical (unpaired) electrons. The van der Waals surface area contributed by atoms with E-state index in [0.717, 1.165) is 0 Å². The number of carbonyl (C=O) groups excluding carboxylic acids is 3. The smallest absolute Gasteiger partial charge is 0.342 e. The van der Waals surface area contributed by atoms with Crippen LogP contribution in [0.15, 0.2) is 0 Å². The van der Waals surface area contributed by atoms with E-state index in [9.17, 15) is 24.6 Å². The van der Waals surface area contributed by atoms with Crippen molar-refractivity contribution in [1.82, 2.24) is 0 Å². The number of carbonyl (C=O) groups is 3. The highest BCUT2D eigenvalue weighted by molar-refractivity contribution is 5.93. The molecule has 9 nitrogen and oxygen atoms in total. The maximum Gasteiger partial charge on any atom is 0.342 e. The van der Waals surface area contributed by atoms with E-state index in [0.29, 0.717) is 6.42 Å². The molecule has 6 fully saturated rings. The summed E-state index contributed by atoms with van der Waals surface area (Å²) in [7, 11) is 0. The van der Waals surface area contributed by atoms with Gasteiger partial charge in [-0.2, -0.15) is 0 Å². The van der Waals surface area contributed by atoms with Crippen LogP contribution in [0.3, 0.4) is 0 Å². The maximum absolute atomic E-state index is 13.3. The van der Waals surface area contributed by atoms with E-state index < -0.39 is 70.5 Å². The molecule has 0 unspecified atom stereocenters. The van der Waals surface area contributed by atoms with Gasteiger partial charge in [0.25, 0.3) is 0 Å². The molecule has 2 aliphatic carbocycles. The van der Waals surface area contributed by atoms with Crippen molar-refractivity contribution in [2.24, 2.45) is 28.1 Å². The topological polar surface area (TPSA) is 129 Å². The van der Waals surface area contributed by atoms with Gasteiger partial charge in [-0.05, 0) is 24.7 Å². The quantitative estimate of drug-likeness (QED) is 0.408. The Bertz CT molecular complexity index is 893. The molecular formula is C20H24O9. The lowest BCUT2D eigenvalue weighted by molar-refractivity contribution is -0.238. The molecule has 2 saturated carbocycles. The number of fused-ring (bicyclic) bond motifs is 1. The summed E-state index contributed by atoms with van der Waals surface area (Å²) in [6.07, 6.45) is -3.96. The van der Waals surface area contributed by atoms with Crippen LogP contribution in [0.2, 0.25) is 0 Å². The molecule has 10 atom stereocenters. The predicted molar refractivity (Wildman–Crippen MR) is 90.6 cm³/mol. The van der Waals surface area contributed by atoms with Crippen molar-refractivity contribution in [3.63, 3.8) is 0 Å². The summed E-state index contributed by atoms with van der Waals surface area (Å²) in [4.78, 5) is 38.1. The summed E-state index contributed by atoms with van der Waals surface area (Å²) < 4.78 is 22.9. The van der Waals surface area contributed by atoms with Crippen molar-refractivity contribution in [2.45, 2.75) is 76.3 Å². The van der Waals surface area contributed by atoms with Gasteiger partial charge in [0, 0.05) is 6.42 Å². The second-order valence-corrected chi connectivity index (χ2v) is 10.6. The second kappa shape index (κ2) is 4.48.